The van der Waals surface area contributed by atoms with Gasteiger partial charge in [0.15, 0.2) is 5.96 Å². The highest BCUT2D eigenvalue weighted by Crippen LogP contribution is 2.22. The van der Waals surface area contributed by atoms with Crippen LogP contribution in [0.4, 0.5) is 0 Å². The number of hydrogen-bond donors (Lipinski definition) is 2. The second-order valence-corrected chi connectivity index (χ2v) is 5.80. The average Bonchev–Trinajstić information content (AvgIpc) is 2.57. The van der Waals surface area contributed by atoms with Crippen LogP contribution < -0.4 is 11.1 Å². The van der Waals surface area contributed by atoms with Crippen molar-refractivity contribution in [3.05, 3.63) is 35.9 Å². The largest absolute Gasteiger partial charge is 0.383 e. The second kappa shape index (κ2) is 11.6. The topological polar surface area (TPSA) is 72.1 Å². The van der Waals surface area contributed by atoms with Gasteiger partial charge in [-0.25, -0.2) is 0 Å². The van der Waals surface area contributed by atoms with Crippen LogP contribution in [0.5, 0.6) is 0 Å². The zero-order valence-corrected chi connectivity index (χ0v) is 16.8. The van der Waals surface area contributed by atoms with Gasteiger partial charge in [-0.2, -0.15) is 0 Å². The molecule has 0 aromatic heterocycles. The first-order valence-corrected chi connectivity index (χ1v) is 8.13. The molecule has 6 nitrogen and oxygen atoms in total. The minimum atomic E-state index is 0. The van der Waals surface area contributed by atoms with E-state index < -0.39 is 0 Å². The van der Waals surface area contributed by atoms with Crippen LogP contribution in [0.1, 0.15) is 18.5 Å². The van der Waals surface area contributed by atoms with Crippen molar-refractivity contribution in [3.63, 3.8) is 0 Å². The smallest absolute Gasteiger partial charge is 0.188 e. The molecule has 1 aliphatic rings. The van der Waals surface area contributed by atoms with Crippen LogP contribution in [0.25, 0.3) is 0 Å². The van der Waals surface area contributed by atoms with E-state index in [1.165, 1.54) is 5.56 Å². The molecule has 0 spiro atoms. The maximum atomic E-state index is 6.00. The lowest BCUT2D eigenvalue weighted by molar-refractivity contribution is 0.0180. The first kappa shape index (κ1) is 21.1. The van der Waals surface area contributed by atoms with E-state index in [0.29, 0.717) is 19.1 Å². The molecule has 1 fully saturated rings. The van der Waals surface area contributed by atoms with Crippen molar-refractivity contribution in [2.75, 3.05) is 46.6 Å². The number of ether oxygens (including phenoxy) is 2. The second-order valence-electron chi connectivity index (χ2n) is 5.80. The summed E-state index contributed by atoms with van der Waals surface area (Å²) in [5, 5.41) is 3.15. The van der Waals surface area contributed by atoms with E-state index in [-0.39, 0.29) is 36.1 Å². The maximum Gasteiger partial charge on any atom is 0.188 e. The summed E-state index contributed by atoms with van der Waals surface area (Å²) in [4.78, 5) is 6.95. The molecule has 0 radical (unpaired) electrons. The van der Waals surface area contributed by atoms with E-state index in [9.17, 15) is 0 Å². The number of aliphatic imine (C=N–C) groups is 1. The van der Waals surface area contributed by atoms with Gasteiger partial charge in [-0.15, -0.1) is 24.0 Å². The van der Waals surface area contributed by atoms with Gasteiger partial charge in [0.05, 0.1) is 32.4 Å². The molecule has 0 saturated carbocycles. The number of nitrogens with one attached hydrogen (secondary N) is 1. The predicted octanol–water partition coefficient (Wildman–Crippen LogP) is 1.62. The number of rotatable bonds is 7. The van der Waals surface area contributed by atoms with Crippen LogP contribution in [0.3, 0.4) is 0 Å². The van der Waals surface area contributed by atoms with Crippen molar-refractivity contribution in [1.82, 2.24) is 10.2 Å². The molecule has 0 amide bonds. The third-order valence-electron chi connectivity index (χ3n) is 3.92. The number of benzene rings is 1. The molecule has 0 aliphatic carbocycles. The van der Waals surface area contributed by atoms with Gasteiger partial charge in [0, 0.05) is 26.2 Å². The lowest BCUT2D eigenvalue weighted by atomic mass is 10.1. The van der Waals surface area contributed by atoms with E-state index in [4.69, 9.17) is 15.2 Å². The first-order valence-electron chi connectivity index (χ1n) is 8.13. The monoisotopic (exact) mass is 448 g/mol. The van der Waals surface area contributed by atoms with Gasteiger partial charge in [-0.3, -0.25) is 9.89 Å². The quantitative estimate of drug-likeness (QED) is 0.377. The van der Waals surface area contributed by atoms with E-state index >= 15 is 0 Å². The highest BCUT2D eigenvalue weighted by atomic mass is 127. The molecule has 136 valence electrons. The molecule has 1 saturated heterocycles. The van der Waals surface area contributed by atoms with Crippen LogP contribution in [0.15, 0.2) is 35.3 Å². The standard InChI is InChI=1S/C17H28N4O2.HI/c1-14(13-22-2)20-17(18)19-12-16(15-6-4-3-5-7-15)21-8-10-23-11-9-21;/h3-7,14,16H,8-13H2,1-2H3,(H3,18,19,20);1H. The minimum Gasteiger partial charge on any atom is -0.383 e. The Balaban J connectivity index is 0.00000288. The van der Waals surface area contributed by atoms with Crippen LogP contribution >= 0.6 is 24.0 Å². The summed E-state index contributed by atoms with van der Waals surface area (Å²) in [6.45, 7) is 6.62. The van der Waals surface area contributed by atoms with Crippen LogP contribution in [-0.4, -0.2) is 63.5 Å². The van der Waals surface area contributed by atoms with E-state index in [1.807, 2.05) is 13.0 Å². The lowest BCUT2D eigenvalue weighted by Gasteiger charge is -2.34. The van der Waals surface area contributed by atoms with Gasteiger partial charge in [-0.05, 0) is 12.5 Å². The van der Waals surface area contributed by atoms with E-state index in [2.05, 4.69) is 39.5 Å². The van der Waals surface area contributed by atoms with Crippen molar-refractivity contribution in [1.29, 1.82) is 0 Å². The number of nitrogens with zero attached hydrogens (tertiary/aromatic N) is 2. The van der Waals surface area contributed by atoms with Gasteiger partial charge < -0.3 is 20.5 Å². The molecule has 0 bridgehead atoms. The number of morpholine rings is 1. The van der Waals surface area contributed by atoms with Crippen molar-refractivity contribution in [2.24, 2.45) is 10.7 Å². The Morgan fingerprint density at radius 2 is 2.00 bits per heavy atom. The van der Waals surface area contributed by atoms with Gasteiger partial charge in [-0.1, -0.05) is 30.3 Å². The van der Waals surface area contributed by atoms with Gasteiger partial charge in [0.25, 0.3) is 0 Å². The highest BCUT2D eigenvalue weighted by molar-refractivity contribution is 14.0. The molecular formula is C17H29IN4O2. The molecule has 24 heavy (non-hydrogen) atoms. The molecule has 1 heterocycles. The molecule has 2 atom stereocenters. The third-order valence-corrected chi connectivity index (χ3v) is 3.92. The fourth-order valence-corrected chi connectivity index (χ4v) is 2.77. The molecule has 3 N–H and O–H groups in total. The lowest BCUT2D eigenvalue weighted by Crippen LogP contribution is -2.43. The van der Waals surface area contributed by atoms with Crippen LogP contribution in [0.2, 0.25) is 0 Å². The highest BCUT2D eigenvalue weighted by Gasteiger charge is 2.22. The predicted molar refractivity (Wildman–Crippen MR) is 108 cm³/mol. The normalized spacial score (nSPS) is 18.5. The molecule has 1 aromatic carbocycles. The molecule has 7 heteroatoms. The molecule has 2 unspecified atom stereocenters. The Morgan fingerprint density at radius 1 is 1.33 bits per heavy atom. The Hall–Kier alpha value is -0.900. The summed E-state index contributed by atoms with van der Waals surface area (Å²) in [6, 6.07) is 10.8. The Kier molecular flexibility index (Phi) is 10.2. The Bertz CT molecular complexity index is 481. The summed E-state index contributed by atoms with van der Waals surface area (Å²) < 4.78 is 10.6. The molecular weight excluding hydrogens is 419 g/mol. The zero-order valence-electron chi connectivity index (χ0n) is 14.5. The van der Waals surface area contributed by atoms with Crippen molar-refractivity contribution in [2.45, 2.75) is 19.0 Å². The molecule has 1 aliphatic heterocycles. The van der Waals surface area contributed by atoms with Crippen LogP contribution in [0, 0.1) is 0 Å². The van der Waals surface area contributed by atoms with Crippen molar-refractivity contribution >= 4 is 29.9 Å². The molecule has 2 rings (SSSR count). The fourth-order valence-electron chi connectivity index (χ4n) is 2.77. The third kappa shape index (κ3) is 6.92. The number of methoxy groups -OCH3 is 1. The SMILES string of the molecule is COCC(C)NC(N)=NCC(c1ccccc1)N1CCOCC1.I. The van der Waals surface area contributed by atoms with Crippen molar-refractivity contribution in [3.8, 4) is 0 Å². The summed E-state index contributed by atoms with van der Waals surface area (Å²) in [6.07, 6.45) is 0. The minimum absolute atomic E-state index is 0. The Labute approximate surface area is 161 Å². The molecule has 1 aromatic rings. The zero-order chi connectivity index (χ0) is 16.5. The number of nitrogens with two attached hydrogens (primary N) is 1. The maximum absolute atomic E-state index is 6.00. The van der Waals surface area contributed by atoms with Gasteiger partial charge in [0.1, 0.15) is 0 Å². The first-order chi connectivity index (χ1) is 11.2. The Morgan fingerprint density at radius 3 is 2.62 bits per heavy atom. The summed E-state index contributed by atoms with van der Waals surface area (Å²) in [5.74, 6) is 0.462. The fraction of sp³-hybridized carbons (Fsp3) is 0.588. The van der Waals surface area contributed by atoms with Gasteiger partial charge in [0.2, 0.25) is 0 Å². The average molecular weight is 448 g/mol. The number of halogens is 1. The summed E-state index contributed by atoms with van der Waals surface area (Å²) in [7, 11) is 1.68. The van der Waals surface area contributed by atoms with E-state index in [0.717, 1.165) is 26.3 Å². The number of hydrogen-bond acceptors (Lipinski definition) is 4. The number of guanidine groups is 1. The summed E-state index contributed by atoms with van der Waals surface area (Å²) >= 11 is 0. The van der Waals surface area contributed by atoms with E-state index in [1.54, 1.807) is 7.11 Å². The van der Waals surface area contributed by atoms with Crippen molar-refractivity contribution < 1.29 is 9.47 Å². The van der Waals surface area contributed by atoms with Crippen LogP contribution in [-0.2, 0) is 9.47 Å². The van der Waals surface area contributed by atoms with Gasteiger partial charge >= 0.3 is 0 Å². The summed E-state index contributed by atoms with van der Waals surface area (Å²) in [5.41, 5.74) is 7.26.